The van der Waals surface area contributed by atoms with Gasteiger partial charge in [-0.3, -0.25) is 0 Å². The second-order valence-electron chi connectivity index (χ2n) is 4.69. The molecule has 1 aromatic heterocycles. The summed E-state index contributed by atoms with van der Waals surface area (Å²) in [5.74, 6) is -0.690. The normalized spacial score (nSPS) is 18.4. The molecule has 0 unspecified atom stereocenters. The molecule has 1 aliphatic rings. The van der Waals surface area contributed by atoms with Crippen molar-refractivity contribution in [1.29, 1.82) is 0 Å². The first-order valence-electron chi connectivity index (χ1n) is 6.12. The summed E-state index contributed by atoms with van der Waals surface area (Å²) in [6.07, 6.45) is 1.30. The van der Waals surface area contributed by atoms with Crippen molar-refractivity contribution in [2.45, 2.75) is 18.3 Å². The summed E-state index contributed by atoms with van der Waals surface area (Å²) in [6.45, 7) is 1.46. The molecule has 0 bridgehead atoms. The number of H-pyrrole nitrogens is 1. The van der Waals surface area contributed by atoms with Crippen LogP contribution in [0.3, 0.4) is 0 Å². The number of hydrogen-bond acceptors (Lipinski definition) is 4. The van der Waals surface area contributed by atoms with Gasteiger partial charge in [0.2, 0.25) is 0 Å². The van der Waals surface area contributed by atoms with Crippen molar-refractivity contribution in [1.82, 2.24) is 25.9 Å². The summed E-state index contributed by atoms with van der Waals surface area (Å²) in [6, 6.07) is 3.65. The lowest BCUT2D eigenvalue weighted by Crippen LogP contribution is -2.42. The zero-order chi connectivity index (χ0) is 13.3. The van der Waals surface area contributed by atoms with Crippen molar-refractivity contribution in [2.75, 3.05) is 13.1 Å². The van der Waals surface area contributed by atoms with Gasteiger partial charge in [-0.2, -0.15) is 5.21 Å². The SMILES string of the molecule is Fc1ccc(C2(c3nn[nH]n3)CCNCC2)c(F)c1. The number of rotatable bonds is 2. The summed E-state index contributed by atoms with van der Waals surface area (Å²) in [4.78, 5) is 0. The third kappa shape index (κ3) is 1.99. The van der Waals surface area contributed by atoms with E-state index in [1.165, 1.54) is 12.1 Å². The van der Waals surface area contributed by atoms with E-state index in [1.807, 2.05) is 0 Å². The number of nitrogens with one attached hydrogen (secondary N) is 2. The van der Waals surface area contributed by atoms with E-state index in [0.717, 1.165) is 19.2 Å². The van der Waals surface area contributed by atoms with E-state index in [2.05, 4.69) is 25.9 Å². The first-order valence-corrected chi connectivity index (χ1v) is 6.12. The lowest BCUT2D eigenvalue weighted by Gasteiger charge is -2.35. The van der Waals surface area contributed by atoms with E-state index in [4.69, 9.17) is 0 Å². The Bertz CT molecular complexity index is 564. The minimum absolute atomic E-state index is 0.428. The quantitative estimate of drug-likeness (QED) is 0.854. The van der Waals surface area contributed by atoms with Crippen molar-refractivity contribution >= 4 is 0 Å². The molecule has 5 nitrogen and oxygen atoms in total. The molecule has 100 valence electrons. The van der Waals surface area contributed by atoms with Crippen LogP contribution in [-0.2, 0) is 5.41 Å². The predicted octanol–water partition coefficient (Wildman–Crippen LogP) is 1.15. The first-order chi connectivity index (χ1) is 9.22. The Labute approximate surface area is 108 Å². The van der Waals surface area contributed by atoms with Gasteiger partial charge < -0.3 is 5.32 Å². The van der Waals surface area contributed by atoms with Gasteiger partial charge in [-0.1, -0.05) is 11.3 Å². The van der Waals surface area contributed by atoms with Crippen molar-refractivity contribution < 1.29 is 8.78 Å². The van der Waals surface area contributed by atoms with Crippen LogP contribution in [0.1, 0.15) is 24.2 Å². The van der Waals surface area contributed by atoms with Gasteiger partial charge in [-0.15, -0.1) is 10.2 Å². The largest absolute Gasteiger partial charge is 0.317 e. The van der Waals surface area contributed by atoms with Crippen LogP contribution in [0.2, 0.25) is 0 Å². The van der Waals surface area contributed by atoms with Gasteiger partial charge in [0.25, 0.3) is 0 Å². The van der Waals surface area contributed by atoms with Gasteiger partial charge in [0.1, 0.15) is 11.6 Å². The van der Waals surface area contributed by atoms with Gasteiger partial charge in [-0.05, 0) is 32.0 Å². The zero-order valence-corrected chi connectivity index (χ0v) is 10.2. The van der Waals surface area contributed by atoms with E-state index in [0.29, 0.717) is 24.2 Å². The molecule has 1 saturated heterocycles. The lowest BCUT2D eigenvalue weighted by atomic mass is 9.72. The summed E-state index contributed by atoms with van der Waals surface area (Å²) < 4.78 is 27.2. The number of benzene rings is 1. The molecular weight excluding hydrogens is 252 g/mol. The maximum atomic E-state index is 14.1. The second-order valence-corrected chi connectivity index (χ2v) is 4.69. The van der Waals surface area contributed by atoms with Crippen molar-refractivity contribution in [2.24, 2.45) is 0 Å². The maximum Gasteiger partial charge on any atom is 0.185 e. The average molecular weight is 265 g/mol. The fourth-order valence-electron chi connectivity index (χ4n) is 2.71. The molecule has 0 spiro atoms. The number of piperidine rings is 1. The number of aromatic nitrogens is 4. The molecule has 0 amide bonds. The minimum atomic E-state index is -0.643. The highest BCUT2D eigenvalue weighted by Crippen LogP contribution is 2.39. The molecule has 0 saturated carbocycles. The third-order valence-electron chi connectivity index (χ3n) is 3.68. The third-order valence-corrected chi connectivity index (χ3v) is 3.68. The van der Waals surface area contributed by atoms with Crippen molar-refractivity contribution in [3.63, 3.8) is 0 Å². The molecule has 1 aliphatic heterocycles. The summed E-state index contributed by atoms with van der Waals surface area (Å²) in [7, 11) is 0. The monoisotopic (exact) mass is 265 g/mol. The van der Waals surface area contributed by atoms with Gasteiger partial charge in [0.15, 0.2) is 5.82 Å². The molecule has 3 rings (SSSR count). The Morgan fingerprint density at radius 3 is 2.58 bits per heavy atom. The van der Waals surface area contributed by atoms with E-state index >= 15 is 0 Å². The number of halogens is 2. The standard InChI is InChI=1S/C12H13F2N5/c13-8-1-2-9(10(14)7-8)12(3-5-15-6-4-12)11-16-18-19-17-11/h1-2,7,15H,3-6H2,(H,16,17,18,19). The molecular formula is C12H13F2N5. The Morgan fingerprint density at radius 2 is 1.95 bits per heavy atom. The molecule has 1 fully saturated rings. The number of hydrogen-bond donors (Lipinski definition) is 2. The molecule has 0 radical (unpaired) electrons. The fourth-order valence-corrected chi connectivity index (χ4v) is 2.71. The van der Waals surface area contributed by atoms with E-state index < -0.39 is 17.0 Å². The van der Waals surface area contributed by atoms with Gasteiger partial charge in [-0.25, -0.2) is 8.78 Å². The predicted molar refractivity (Wildman–Crippen MR) is 63.4 cm³/mol. The van der Waals surface area contributed by atoms with Gasteiger partial charge in [0.05, 0.1) is 5.41 Å². The lowest BCUT2D eigenvalue weighted by molar-refractivity contribution is 0.334. The Balaban J connectivity index is 2.14. The van der Waals surface area contributed by atoms with Crippen LogP contribution in [0, 0.1) is 11.6 Å². The summed E-state index contributed by atoms with van der Waals surface area (Å²) in [5.41, 5.74) is -0.215. The topological polar surface area (TPSA) is 66.5 Å². The van der Waals surface area contributed by atoms with Crippen LogP contribution in [0.4, 0.5) is 8.78 Å². The molecule has 2 heterocycles. The fraction of sp³-hybridized carbons (Fsp3) is 0.417. The minimum Gasteiger partial charge on any atom is -0.317 e. The molecule has 19 heavy (non-hydrogen) atoms. The summed E-state index contributed by atoms with van der Waals surface area (Å²) in [5, 5.41) is 17.2. The van der Waals surface area contributed by atoms with Crippen molar-refractivity contribution in [3.8, 4) is 0 Å². The van der Waals surface area contributed by atoms with Crippen LogP contribution in [0.25, 0.3) is 0 Å². The highest BCUT2D eigenvalue weighted by atomic mass is 19.1. The van der Waals surface area contributed by atoms with Crippen LogP contribution >= 0.6 is 0 Å². The number of aromatic amines is 1. The molecule has 7 heteroatoms. The van der Waals surface area contributed by atoms with Gasteiger partial charge in [0, 0.05) is 11.6 Å². The van der Waals surface area contributed by atoms with E-state index in [1.54, 1.807) is 0 Å². The molecule has 1 aromatic carbocycles. The highest BCUT2D eigenvalue weighted by Gasteiger charge is 2.41. The number of tetrazole rings is 1. The van der Waals surface area contributed by atoms with Crippen LogP contribution in [0.5, 0.6) is 0 Å². The maximum absolute atomic E-state index is 14.1. The zero-order valence-electron chi connectivity index (χ0n) is 10.2. The second kappa shape index (κ2) is 4.65. The van der Waals surface area contributed by atoms with E-state index in [-0.39, 0.29) is 0 Å². The van der Waals surface area contributed by atoms with Crippen LogP contribution < -0.4 is 5.32 Å². The molecule has 0 atom stereocenters. The van der Waals surface area contributed by atoms with Crippen LogP contribution in [-0.4, -0.2) is 33.7 Å². The van der Waals surface area contributed by atoms with Gasteiger partial charge >= 0.3 is 0 Å². The Morgan fingerprint density at radius 1 is 1.16 bits per heavy atom. The Kier molecular flexibility index (Phi) is 2.98. The Hall–Kier alpha value is -1.89. The number of nitrogens with zero attached hydrogens (tertiary/aromatic N) is 3. The first kappa shape index (κ1) is 12.2. The van der Waals surface area contributed by atoms with Crippen molar-refractivity contribution in [3.05, 3.63) is 41.2 Å². The summed E-state index contributed by atoms with van der Waals surface area (Å²) >= 11 is 0. The highest BCUT2D eigenvalue weighted by molar-refractivity contribution is 5.34. The molecule has 0 aliphatic carbocycles. The average Bonchev–Trinajstić information content (AvgIpc) is 2.94. The molecule has 2 aromatic rings. The molecule has 2 N–H and O–H groups in total. The smallest absolute Gasteiger partial charge is 0.185 e. The van der Waals surface area contributed by atoms with Crippen LogP contribution in [0.15, 0.2) is 18.2 Å². The van der Waals surface area contributed by atoms with E-state index in [9.17, 15) is 8.78 Å².